The van der Waals surface area contributed by atoms with Gasteiger partial charge in [0.15, 0.2) is 0 Å². The number of halogens is 2. The van der Waals surface area contributed by atoms with Gasteiger partial charge in [0.2, 0.25) is 0 Å². The number of aromatic nitrogens is 2. The average Bonchev–Trinajstić information content (AvgIpc) is 2.35. The Labute approximate surface area is 75.5 Å². The molecule has 0 fully saturated rings. The molecule has 2 N–H and O–H groups in total. The second-order valence-electron chi connectivity index (χ2n) is 3.10. The van der Waals surface area contributed by atoms with Crippen LogP contribution in [0.4, 0.5) is 8.78 Å². The van der Waals surface area contributed by atoms with Gasteiger partial charge >= 0.3 is 0 Å². The summed E-state index contributed by atoms with van der Waals surface area (Å²) in [4.78, 5) is 0. The van der Waals surface area contributed by atoms with Crippen molar-refractivity contribution >= 4 is 0 Å². The molecule has 1 heterocycles. The maximum absolute atomic E-state index is 12.1. The fourth-order valence-electron chi connectivity index (χ4n) is 1.18. The molecule has 1 aromatic heterocycles. The van der Waals surface area contributed by atoms with Gasteiger partial charge in [-0.25, -0.2) is 8.78 Å². The van der Waals surface area contributed by atoms with E-state index in [-0.39, 0.29) is 6.42 Å². The van der Waals surface area contributed by atoms with Crippen molar-refractivity contribution in [1.29, 1.82) is 0 Å². The van der Waals surface area contributed by atoms with E-state index in [0.717, 1.165) is 11.3 Å². The number of hydrogen-bond acceptors (Lipinski definition) is 2. The van der Waals surface area contributed by atoms with Crippen LogP contribution in [0, 0.1) is 6.92 Å². The van der Waals surface area contributed by atoms with Crippen LogP contribution in [0.15, 0.2) is 6.20 Å². The monoisotopic (exact) mass is 189 g/mol. The molecule has 0 aromatic carbocycles. The predicted octanol–water partition coefficient (Wildman–Crippen LogP) is 0.863. The van der Waals surface area contributed by atoms with Crippen molar-refractivity contribution in [3.8, 4) is 0 Å². The summed E-state index contributed by atoms with van der Waals surface area (Å²) in [6.45, 7) is 1.83. The summed E-state index contributed by atoms with van der Waals surface area (Å²) in [6.07, 6.45) is -0.664. The average molecular weight is 189 g/mol. The molecule has 0 radical (unpaired) electrons. The molecule has 1 atom stereocenters. The van der Waals surface area contributed by atoms with Gasteiger partial charge in [-0.2, -0.15) is 5.10 Å². The van der Waals surface area contributed by atoms with Crippen molar-refractivity contribution in [3.05, 3.63) is 17.5 Å². The quantitative estimate of drug-likeness (QED) is 0.766. The number of rotatable bonds is 3. The van der Waals surface area contributed by atoms with Gasteiger partial charge in [0.25, 0.3) is 6.43 Å². The van der Waals surface area contributed by atoms with Crippen LogP contribution in [-0.2, 0) is 13.5 Å². The lowest BCUT2D eigenvalue weighted by Gasteiger charge is -2.10. The first kappa shape index (κ1) is 10.1. The van der Waals surface area contributed by atoms with E-state index in [1.165, 1.54) is 0 Å². The molecule has 1 unspecified atom stereocenters. The second kappa shape index (κ2) is 3.83. The minimum Gasteiger partial charge on any atom is -0.323 e. The van der Waals surface area contributed by atoms with Gasteiger partial charge in [0, 0.05) is 19.2 Å². The van der Waals surface area contributed by atoms with E-state index < -0.39 is 12.5 Å². The Hall–Kier alpha value is -0.970. The molecule has 0 bridgehead atoms. The fraction of sp³-hybridized carbons (Fsp3) is 0.625. The normalized spacial score (nSPS) is 13.7. The second-order valence-corrected chi connectivity index (χ2v) is 3.10. The van der Waals surface area contributed by atoms with E-state index in [2.05, 4.69) is 5.10 Å². The zero-order valence-corrected chi connectivity index (χ0v) is 7.67. The maximum atomic E-state index is 12.1. The fourth-order valence-corrected chi connectivity index (χ4v) is 1.18. The topological polar surface area (TPSA) is 43.8 Å². The van der Waals surface area contributed by atoms with E-state index in [1.54, 1.807) is 17.9 Å². The number of nitrogens with zero attached hydrogens (tertiary/aromatic N) is 2. The Morgan fingerprint density at radius 2 is 2.23 bits per heavy atom. The van der Waals surface area contributed by atoms with Crippen LogP contribution in [0.3, 0.4) is 0 Å². The molecule has 0 aliphatic carbocycles. The van der Waals surface area contributed by atoms with Crippen LogP contribution in [0.1, 0.15) is 11.3 Å². The zero-order chi connectivity index (χ0) is 10.0. The Morgan fingerprint density at radius 1 is 1.62 bits per heavy atom. The van der Waals surface area contributed by atoms with Crippen LogP contribution >= 0.6 is 0 Å². The predicted molar refractivity (Wildman–Crippen MR) is 45.6 cm³/mol. The molecule has 1 aromatic rings. The Bertz CT molecular complexity index is 263. The third-order valence-corrected chi connectivity index (χ3v) is 2.02. The highest BCUT2D eigenvalue weighted by Crippen LogP contribution is 2.11. The van der Waals surface area contributed by atoms with Crippen molar-refractivity contribution in [3.63, 3.8) is 0 Å². The minimum atomic E-state index is -2.48. The molecule has 0 amide bonds. The summed E-state index contributed by atoms with van der Waals surface area (Å²) < 4.78 is 25.8. The molecular weight excluding hydrogens is 176 g/mol. The summed E-state index contributed by atoms with van der Waals surface area (Å²) in [6, 6.07) is -1.10. The van der Waals surface area contributed by atoms with E-state index in [4.69, 9.17) is 5.73 Å². The molecular formula is C8H13F2N3. The van der Waals surface area contributed by atoms with Gasteiger partial charge in [-0.3, -0.25) is 4.68 Å². The third kappa shape index (κ3) is 2.24. The van der Waals surface area contributed by atoms with Gasteiger partial charge in [-0.15, -0.1) is 0 Å². The van der Waals surface area contributed by atoms with Crippen molar-refractivity contribution < 1.29 is 8.78 Å². The molecule has 1 rings (SSSR count). The van der Waals surface area contributed by atoms with Gasteiger partial charge in [-0.05, 0) is 12.5 Å². The first-order valence-electron chi connectivity index (χ1n) is 4.03. The van der Waals surface area contributed by atoms with Gasteiger partial charge in [-0.1, -0.05) is 0 Å². The molecule has 5 heteroatoms. The molecule has 0 saturated carbocycles. The lowest BCUT2D eigenvalue weighted by Crippen LogP contribution is -2.32. The lowest BCUT2D eigenvalue weighted by atomic mass is 10.1. The number of nitrogens with two attached hydrogens (primary N) is 1. The van der Waals surface area contributed by atoms with Crippen molar-refractivity contribution in [2.75, 3.05) is 0 Å². The maximum Gasteiger partial charge on any atom is 0.253 e. The van der Waals surface area contributed by atoms with Crippen molar-refractivity contribution in [1.82, 2.24) is 9.78 Å². The number of aryl methyl sites for hydroxylation is 2. The minimum absolute atomic E-state index is 0.167. The molecule has 0 aliphatic rings. The van der Waals surface area contributed by atoms with Gasteiger partial charge < -0.3 is 5.73 Å². The Morgan fingerprint density at radius 3 is 2.62 bits per heavy atom. The van der Waals surface area contributed by atoms with E-state index in [9.17, 15) is 8.78 Å². The Kier molecular flexibility index (Phi) is 2.98. The lowest BCUT2D eigenvalue weighted by molar-refractivity contribution is 0.115. The molecule has 74 valence electrons. The van der Waals surface area contributed by atoms with Crippen LogP contribution in [0.2, 0.25) is 0 Å². The van der Waals surface area contributed by atoms with Crippen molar-refractivity contribution in [2.24, 2.45) is 12.8 Å². The van der Waals surface area contributed by atoms with Gasteiger partial charge in [0.1, 0.15) is 0 Å². The highest BCUT2D eigenvalue weighted by molar-refractivity contribution is 5.16. The number of hydrogen-bond donors (Lipinski definition) is 1. The summed E-state index contributed by atoms with van der Waals surface area (Å²) in [5.74, 6) is 0. The SMILES string of the molecule is Cc1cnn(C)c1CC(N)C(F)F. The molecule has 0 aliphatic heterocycles. The first-order chi connectivity index (χ1) is 6.02. The molecule has 0 saturated heterocycles. The molecule has 0 spiro atoms. The van der Waals surface area contributed by atoms with E-state index in [1.807, 2.05) is 6.92 Å². The summed E-state index contributed by atoms with van der Waals surface area (Å²) in [7, 11) is 1.72. The van der Waals surface area contributed by atoms with Crippen molar-refractivity contribution in [2.45, 2.75) is 25.8 Å². The highest BCUT2D eigenvalue weighted by Gasteiger charge is 2.18. The number of alkyl halides is 2. The first-order valence-corrected chi connectivity index (χ1v) is 4.03. The smallest absolute Gasteiger partial charge is 0.253 e. The van der Waals surface area contributed by atoms with E-state index in [0.29, 0.717) is 0 Å². The van der Waals surface area contributed by atoms with Crippen LogP contribution in [-0.4, -0.2) is 22.2 Å². The van der Waals surface area contributed by atoms with Crippen LogP contribution in [0.5, 0.6) is 0 Å². The summed E-state index contributed by atoms with van der Waals surface area (Å²) >= 11 is 0. The summed E-state index contributed by atoms with van der Waals surface area (Å²) in [5.41, 5.74) is 6.93. The standard InChI is InChI=1S/C8H13F2N3/c1-5-4-12-13(2)7(5)3-6(11)8(9)10/h4,6,8H,3,11H2,1-2H3. The highest BCUT2D eigenvalue weighted by atomic mass is 19.3. The molecule has 13 heavy (non-hydrogen) atoms. The third-order valence-electron chi connectivity index (χ3n) is 2.02. The molecule has 3 nitrogen and oxygen atoms in total. The van der Waals surface area contributed by atoms with Crippen LogP contribution < -0.4 is 5.73 Å². The zero-order valence-electron chi connectivity index (χ0n) is 7.67. The van der Waals surface area contributed by atoms with Gasteiger partial charge in [0.05, 0.1) is 12.2 Å². The largest absolute Gasteiger partial charge is 0.323 e. The Balaban J connectivity index is 2.73. The van der Waals surface area contributed by atoms with E-state index >= 15 is 0 Å². The van der Waals surface area contributed by atoms with Crippen LogP contribution in [0.25, 0.3) is 0 Å². The summed E-state index contributed by atoms with van der Waals surface area (Å²) in [5, 5.41) is 3.94.